The van der Waals surface area contributed by atoms with Crippen LogP contribution in [0.1, 0.15) is 26.2 Å². The Balaban J connectivity index is 2.86. The van der Waals surface area contributed by atoms with Crippen molar-refractivity contribution < 1.29 is 19.8 Å². The number of hydrogen-bond acceptors (Lipinski definition) is 3. The molecule has 1 rings (SSSR count). The number of nitrogens with one attached hydrogen (secondary N) is 1. The molecule has 5 nitrogen and oxygen atoms in total. The first-order valence-corrected chi connectivity index (χ1v) is 4.69. The first-order chi connectivity index (χ1) is 6.49. The molecule has 80 valence electrons. The summed E-state index contributed by atoms with van der Waals surface area (Å²) in [6, 6.07) is -0.466. The van der Waals surface area contributed by atoms with Crippen LogP contribution in [0, 0.1) is 5.41 Å². The summed E-state index contributed by atoms with van der Waals surface area (Å²) in [5, 5.41) is 20.8. The van der Waals surface area contributed by atoms with Crippen molar-refractivity contribution in [2.24, 2.45) is 5.41 Å². The predicted octanol–water partition coefficient (Wildman–Crippen LogP) is 0.304. The van der Waals surface area contributed by atoms with Crippen molar-refractivity contribution in [3.8, 4) is 0 Å². The average Bonchev–Trinajstić information content (AvgIpc) is 2.17. The van der Waals surface area contributed by atoms with Gasteiger partial charge >= 0.3 is 11.9 Å². The highest BCUT2D eigenvalue weighted by Gasteiger charge is 2.48. The molecule has 0 spiro atoms. The van der Waals surface area contributed by atoms with Crippen LogP contribution < -0.4 is 5.32 Å². The van der Waals surface area contributed by atoms with E-state index >= 15 is 0 Å². The second kappa shape index (κ2) is 3.96. The molecule has 0 saturated carbocycles. The minimum Gasteiger partial charge on any atom is -0.480 e. The number of carboxylic acid groups (broad SMARTS) is 2. The van der Waals surface area contributed by atoms with Gasteiger partial charge in [-0.05, 0) is 26.3 Å². The molecule has 0 aromatic rings. The highest BCUT2D eigenvalue weighted by Crippen LogP contribution is 2.28. The molecule has 0 bridgehead atoms. The summed E-state index contributed by atoms with van der Waals surface area (Å²) in [5.41, 5.74) is -1.71. The Labute approximate surface area is 82.1 Å². The van der Waals surface area contributed by atoms with Gasteiger partial charge in [0.05, 0.1) is 0 Å². The Morgan fingerprint density at radius 1 is 1.29 bits per heavy atom. The molecule has 3 N–H and O–H groups in total. The van der Waals surface area contributed by atoms with E-state index in [4.69, 9.17) is 10.2 Å². The van der Waals surface area contributed by atoms with Gasteiger partial charge in [-0.2, -0.15) is 0 Å². The van der Waals surface area contributed by atoms with Crippen LogP contribution in [0.15, 0.2) is 0 Å². The van der Waals surface area contributed by atoms with Crippen LogP contribution in [0.2, 0.25) is 0 Å². The van der Waals surface area contributed by atoms with Gasteiger partial charge in [0.1, 0.15) is 0 Å². The molecule has 1 atom stereocenters. The van der Waals surface area contributed by atoms with Crippen molar-refractivity contribution in [3.63, 3.8) is 0 Å². The summed E-state index contributed by atoms with van der Waals surface area (Å²) < 4.78 is 0. The third-order valence-electron chi connectivity index (χ3n) is 2.90. The lowest BCUT2D eigenvalue weighted by Crippen LogP contribution is -2.54. The molecule has 1 unspecified atom stereocenters. The predicted molar refractivity (Wildman–Crippen MR) is 49.0 cm³/mol. The zero-order valence-electron chi connectivity index (χ0n) is 8.12. The summed E-state index contributed by atoms with van der Waals surface area (Å²) in [6.45, 7) is 1.96. The third-order valence-corrected chi connectivity index (χ3v) is 2.90. The normalized spacial score (nSPS) is 23.1. The van der Waals surface area contributed by atoms with Crippen molar-refractivity contribution in [1.82, 2.24) is 5.32 Å². The Morgan fingerprint density at radius 2 is 1.86 bits per heavy atom. The number of carboxylic acids is 2. The lowest BCUT2D eigenvalue weighted by atomic mass is 9.78. The fourth-order valence-electron chi connectivity index (χ4n) is 1.73. The Kier molecular flexibility index (Phi) is 3.10. The van der Waals surface area contributed by atoms with E-state index in [9.17, 15) is 9.59 Å². The zero-order chi connectivity index (χ0) is 10.8. The Morgan fingerprint density at radius 3 is 2.21 bits per heavy atom. The minimum atomic E-state index is -1.71. The van der Waals surface area contributed by atoms with Gasteiger partial charge in [-0.1, -0.05) is 6.42 Å². The highest BCUT2D eigenvalue weighted by molar-refractivity contribution is 5.98. The minimum absolute atomic E-state index is 0.466. The molecule has 1 aliphatic heterocycles. The standard InChI is InChI=1S/C9H15NO4/c1-9(7(11)12,8(13)14)6-4-2-3-5-10-6/h6,10H,2-5H2,1H3,(H,11,12)(H,13,14). The van der Waals surface area contributed by atoms with Crippen molar-refractivity contribution in [2.75, 3.05) is 6.54 Å². The van der Waals surface area contributed by atoms with Gasteiger partial charge in [-0.3, -0.25) is 9.59 Å². The van der Waals surface area contributed by atoms with Crippen LogP contribution >= 0.6 is 0 Å². The van der Waals surface area contributed by atoms with E-state index in [-0.39, 0.29) is 0 Å². The Hall–Kier alpha value is -1.10. The van der Waals surface area contributed by atoms with Gasteiger partial charge in [0.25, 0.3) is 0 Å². The van der Waals surface area contributed by atoms with Crippen LogP contribution in [-0.2, 0) is 9.59 Å². The maximum absolute atomic E-state index is 10.9. The lowest BCUT2D eigenvalue weighted by Gasteiger charge is -2.33. The van der Waals surface area contributed by atoms with Crippen LogP contribution in [0.5, 0.6) is 0 Å². The third kappa shape index (κ3) is 1.72. The summed E-state index contributed by atoms with van der Waals surface area (Å²) in [7, 11) is 0. The first kappa shape index (κ1) is 11.0. The molecule has 1 aliphatic rings. The summed E-state index contributed by atoms with van der Waals surface area (Å²) in [6.07, 6.45) is 2.47. The number of rotatable bonds is 3. The van der Waals surface area contributed by atoms with Crippen molar-refractivity contribution in [1.29, 1.82) is 0 Å². The van der Waals surface area contributed by atoms with Crippen molar-refractivity contribution in [2.45, 2.75) is 32.2 Å². The van der Waals surface area contributed by atoms with E-state index < -0.39 is 23.4 Å². The number of aliphatic carboxylic acids is 2. The summed E-state index contributed by atoms with van der Waals surface area (Å²) in [4.78, 5) is 21.9. The molecule has 0 aromatic carbocycles. The van der Waals surface area contributed by atoms with E-state index in [1.807, 2.05) is 0 Å². The van der Waals surface area contributed by atoms with E-state index in [2.05, 4.69) is 5.32 Å². The van der Waals surface area contributed by atoms with Gasteiger partial charge in [0.2, 0.25) is 0 Å². The average molecular weight is 201 g/mol. The molecule has 0 radical (unpaired) electrons. The van der Waals surface area contributed by atoms with Crippen LogP contribution in [0.3, 0.4) is 0 Å². The smallest absolute Gasteiger partial charge is 0.322 e. The largest absolute Gasteiger partial charge is 0.480 e. The van der Waals surface area contributed by atoms with Crippen molar-refractivity contribution in [3.05, 3.63) is 0 Å². The molecular formula is C9H15NO4. The second-order valence-electron chi connectivity index (χ2n) is 3.82. The number of piperidine rings is 1. The second-order valence-corrected chi connectivity index (χ2v) is 3.82. The lowest BCUT2D eigenvalue weighted by molar-refractivity contribution is -0.166. The van der Waals surface area contributed by atoms with E-state index in [0.717, 1.165) is 12.8 Å². The molecule has 14 heavy (non-hydrogen) atoms. The maximum Gasteiger partial charge on any atom is 0.322 e. The van der Waals surface area contributed by atoms with Crippen LogP contribution in [0.4, 0.5) is 0 Å². The molecule has 0 aromatic heterocycles. The van der Waals surface area contributed by atoms with Gasteiger partial charge < -0.3 is 15.5 Å². The van der Waals surface area contributed by atoms with E-state index in [1.165, 1.54) is 6.92 Å². The van der Waals surface area contributed by atoms with Gasteiger partial charge in [-0.25, -0.2) is 0 Å². The molecule has 0 aliphatic carbocycles. The summed E-state index contributed by atoms with van der Waals surface area (Å²) in [5.74, 6) is -2.55. The highest BCUT2D eigenvalue weighted by atomic mass is 16.4. The molecule has 5 heteroatoms. The van der Waals surface area contributed by atoms with Crippen molar-refractivity contribution >= 4 is 11.9 Å². The van der Waals surface area contributed by atoms with Gasteiger partial charge in [0.15, 0.2) is 5.41 Å². The first-order valence-electron chi connectivity index (χ1n) is 4.69. The van der Waals surface area contributed by atoms with E-state index in [1.54, 1.807) is 0 Å². The number of carbonyl (C=O) groups is 2. The fraction of sp³-hybridized carbons (Fsp3) is 0.778. The monoisotopic (exact) mass is 201 g/mol. The Bertz CT molecular complexity index is 231. The molecule has 1 fully saturated rings. The van der Waals surface area contributed by atoms with Crippen LogP contribution in [-0.4, -0.2) is 34.7 Å². The molecular weight excluding hydrogens is 186 g/mol. The quantitative estimate of drug-likeness (QED) is 0.572. The van der Waals surface area contributed by atoms with Crippen LogP contribution in [0.25, 0.3) is 0 Å². The summed E-state index contributed by atoms with van der Waals surface area (Å²) >= 11 is 0. The number of hydrogen-bond donors (Lipinski definition) is 3. The molecule has 1 heterocycles. The molecule has 1 saturated heterocycles. The SMILES string of the molecule is CC(C(=O)O)(C(=O)O)C1CCCCN1. The molecule has 0 amide bonds. The maximum atomic E-state index is 10.9. The van der Waals surface area contributed by atoms with Gasteiger partial charge in [0, 0.05) is 6.04 Å². The zero-order valence-corrected chi connectivity index (χ0v) is 8.12. The van der Waals surface area contributed by atoms with E-state index in [0.29, 0.717) is 13.0 Å². The fourth-order valence-corrected chi connectivity index (χ4v) is 1.73. The van der Waals surface area contributed by atoms with Gasteiger partial charge in [-0.15, -0.1) is 0 Å². The topological polar surface area (TPSA) is 86.6 Å².